The summed E-state index contributed by atoms with van der Waals surface area (Å²) in [5, 5.41) is 9.95. The molecule has 0 saturated heterocycles. The minimum atomic E-state index is -1.45. The molecule has 1 rings (SSSR count). The van der Waals surface area contributed by atoms with E-state index in [1.807, 2.05) is 0 Å². The Balaban J connectivity index is 2.92. The number of Topliss-reactive ketones (excluding diaryl/α,β-unsaturated/α-hetero) is 1. The van der Waals surface area contributed by atoms with Crippen molar-refractivity contribution in [3.05, 3.63) is 35.4 Å². The molecule has 0 saturated carbocycles. The van der Waals surface area contributed by atoms with Gasteiger partial charge in [0.15, 0.2) is 17.4 Å². The number of hydrogen-bond donors (Lipinski definition) is 1. The summed E-state index contributed by atoms with van der Waals surface area (Å²) >= 11 is 0. The molecule has 0 aliphatic rings. The number of aliphatic hydroxyl groups is 1. The first-order valence-electron chi connectivity index (χ1n) is 5.63. The van der Waals surface area contributed by atoms with Crippen LogP contribution >= 0.6 is 0 Å². The second kappa shape index (κ2) is 5.36. The number of rotatable bonds is 5. The van der Waals surface area contributed by atoms with Gasteiger partial charge in [0.2, 0.25) is 0 Å². The van der Waals surface area contributed by atoms with Crippen molar-refractivity contribution in [3.63, 3.8) is 0 Å². The summed E-state index contributed by atoms with van der Waals surface area (Å²) < 4.78 is 26.3. The molecule has 0 bridgehead atoms. The van der Waals surface area contributed by atoms with Crippen LogP contribution in [0.3, 0.4) is 0 Å². The summed E-state index contributed by atoms with van der Waals surface area (Å²) in [7, 11) is 0. The SMILES string of the molecule is CCC(O)(CC)C(=O)Cc1cccc(F)c1F. The first-order chi connectivity index (χ1) is 7.94. The minimum absolute atomic E-state index is 0.0182. The Hall–Kier alpha value is -1.29. The number of carbonyl (C=O) groups is 1. The molecular formula is C13H16F2O2. The van der Waals surface area contributed by atoms with Crippen molar-refractivity contribution in [3.8, 4) is 0 Å². The Bertz CT molecular complexity index is 412. The molecule has 1 aromatic rings. The number of benzene rings is 1. The van der Waals surface area contributed by atoms with Gasteiger partial charge in [0.05, 0.1) is 0 Å². The molecule has 0 radical (unpaired) electrons. The van der Waals surface area contributed by atoms with Gasteiger partial charge in [0, 0.05) is 6.42 Å². The molecule has 1 N–H and O–H groups in total. The number of ketones is 1. The average Bonchev–Trinajstić information content (AvgIpc) is 2.33. The maximum atomic E-state index is 13.3. The third kappa shape index (κ3) is 2.88. The zero-order valence-electron chi connectivity index (χ0n) is 9.96. The Morgan fingerprint density at radius 2 is 1.88 bits per heavy atom. The fourth-order valence-corrected chi connectivity index (χ4v) is 1.67. The highest BCUT2D eigenvalue weighted by atomic mass is 19.2. The monoisotopic (exact) mass is 242 g/mol. The quantitative estimate of drug-likeness (QED) is 0.861. The zero-order valence-corrected chi connectivity index (χ0v) is 9.96. The molecule has 0 amide bonds. The summed E-state index contributed by atoms with van der Waals surface area (Å²) in [4.78, 5) is 11.8. The van der Waals surface area contributed by atoms with E-state index in [1.165, 1.54) is 12.1 Å². The van der Waals surface area contributed by atoms with E-state index in [4.69, 9.17) is 0 Å². The Labute approximate surface area is 99.3 Å². The van der Waals surface area contributed by atoms with Gasteiger partial charge in [-0.1, -0.05) is 26.0 Å². The summed E-state index contributed by atoms with van der Waals surface area (Å²) in [5.74, 6) is -2.48. The van der Waals surface area contributed by atoms with Gasteiger partial charge in [-0.3, -0.25) is 4.79 Å². The van der Waals surface area contributed by atoms with E-state index in [9.17, 15) is 18.7 Å². The maximum absolute atomic E-state index is 13.3. The van der Waals surface area contributed by atoms with Gasteiger partial charge in [0.25, 0.3) is 0 Å². The molecule has 0 fully saturated rings. The molecular weight excluding hydrogens is 226 g/mol. The molecule has 0 aliphatic carbocycles. The van der Waals surface area contributed by atoms with E-state index in [0.29, 0.717) is 0 Å². The molecule has 17 heavy (non-hydrogen) atoms. The Morgan fingerprint density at radius 3 is 2.41 bits per heavy atom. The van der Waals surface area contributed by atoms with E-state index in [0.717, 1.165) is 6.07 Å². The van der Waals surface area contributed by atoms with Crippen molar-refractivity contribution in [2.45, 2.75) is 38.7 Å². The van der Waals surface area contributed by atoms with Crippen LogP contribution in [0.1, 0.15) is 32.3 Å². The molecule has 0 unspecified atom stereocenters. The number of carbonyl (C=O) groups excluding carboxylic acids is 1. The molecule has 4 heteroatoms. The van der Waals surface area contributed by atoms with Crippen LogP contribution in [0.4, 0.5) is 8.78 Å². The van der Waals surface area contributed by atoms with E-state index < -0.39 is 23.0 Å². The van der Waals surface area contributed by atoms with Gasteiger partial charge in [-0.2, -0.15) is 0 Å². The topological polar surface area (TPSA) is 37.3 Å². The Morgan fingerprint density at radius 1 is 1.29 bits per heavy atom. The first-order valence-corrected chi connectivity index (χ1v) is 5.63. The van der Waals surface area contributed by atoms with E-state index in [2.05, 4.69) is 0 Å². The van der Waals surface area contributed by atoms with E-state index >= 15 is 0 Å². The summed E-state index contributed by atoms with van der Waals surface area (Å²) in [6.45, 7) is 3.37. The lowest BCUT2D eigenvalue weighted by Crippen LogP contribution is -2.38. The van der Waals surface area contributed by atoms with Gasteiger partial charge in [-0.15, -0.1) is 0 Å². The van der Waals surface area contributed by atoms with Gasteiger partial charge >= 0.3 is 0 Å². The van der Waals surface area contributed by atoms with E-state index in [-0.39, 0.29) is 24.8 Å². The van der Waals surface area contributed by atoms with Crippen LogP contribution in [0.2, 0.25) is 0 Å². The highest BCUT2D eigenvalue weighted by Gasteiger charge is 2.31. The van der Waals surface area contributed by atoms with Crippen molar-refractivity contribution in [1.29, 1.82) is 0 Å². The average molecular weight is 242 g/mol. The van der Waals surface area contributed by atoms with Crippen LogP contribution in [-0.4, -0.2) is 16.5 Å². The van der Waals surface area contributed by atoms with Gasteiger partial charge in [-0.05, 0) is 24.5 Å². The second-order valence-corrected chi connectivity index (χ2v) is 4.05. The molecule has 0 aromatic heterocycles. The largest absolute Gasteiger partial charge is 0.382 e. The third-order valence-corrected chi connectivity index (χ3v) is 3.07. The predicted octanol–water partition coefficient (Wildman–Crippen LogP) is 2.63. The van der Waals surface area contributed by atoms with Crippen molar-refractivity contribution in [1.82, 2.24) is 0 Å². The molecule has 0 spiro atoms. The lowest BCUT2D eigenvalue weighted by Gasteiger charge is -2.23. The van der Waals surface area contributed by atoms with Crippen molar-refractivity contribution in [2.24, 2.45) is 0 Å². The van der Waals surface area contributed by atoms with Crippen molar-refractivity contribution in [2.75, 3.05) is 0 Å². The van der Waals surface area contributed by atoms with Crippen LogP contribution in [-0.2, 0) is 11.2 Å². The molecule has 0 aliphatic heterocycles. The van der Waals surface area contributed by atoms with Crippen molar-refractivity contribution < 1.29 is 18.7 Å². The zero-order chi connectivity index (χ0) is 13.1. The second-order valence-electron chi connectivity index (χ2n) is 4.05. The standard InChI is InChI=1S/C13H16F2O2/c1-3-13(17,4-2)11(16)8-9-6-5-7-10(14)12(9)15/h5-7,17H,3-4,8H2,1-2H3. The number of halogens is 2. The molecule has 1 aromatic carbocycles. The highest BCUT2D eigenvalue weighted by Crippen LogP contribution is 2.20. The molecule has 94 valence electrons. The van der Waals surface area contributed by atoms with Crippen LogP contribution in [0.25, 0.3) is 0 Å². The lowest BCUT2D eigenvalue weighted by molar-refractivity contribution is -0.137. The Kier molecular flexibility index (Phi) is 4.34. The maximum Gasteiger partial charge on any atom is 0.168 e. The third-order valence-electron chi connectivity index (χ3n) is 3.07. The summed E-state index contributed by atoms with van der Waals surface area (Å²) in [6, 6.07) is 3.69. The highest BCUT2D eigenvalue weighted by molar-refractivity contribution is 5.88. The lowest BCUT2D eigenvalue weighted by atomic mass is 9.88. The van der Waals surface area contributed by atoms with Gasteiger partial charge in [0.1, 0.15) is 5.60 Å². The fraction of sp³-hybridized carbons (Fsp3) is 0.462. The normalized spacial score (nSPS) is 11.6. The summed E-state index contributed by atoms with van der Waals surface area (Å²) in [6.07, 6.45) is 0.236. The smallest absolute Gasteiger partial charge is 0.168 e. The van der Waals surface area contributed by atoms with E-state index in [1.54, 1.807) is 13.8 Å². The van der Waals surface area contributed by atoms with Crippen LogP contribution < -0.4 is 0 Å². The van der Waals surface area contributed by atoms with Gasteiger partial charge in [-0.25, -0.2) is 8.78 Å². The minimum Gasteiger partial charge on any atom is -0.382 e. The van der Waals surface area contributed by atoms with Gasteiger partial charge < -0.3 is 5.11 Å². The van der Waals surface area contributed by atoms with Crippen LogP contribution in [0, 0.1) is 11.6 Å². The molecule has 0 heterocycles. The first kappa shape index (κ1) is 13.8. The summed E-state index contributed by atoms with van der Waals surface area (Å²) in [5.41, 5.74) is -1.46. The number of hydrogen-bond acceptors (Lipinski definition) is 2. The predicted molar refractivity (Wildman–Crippen MR) is 60.6 cm³/mol. The molecule has 2 nitrogen and oxygen atoms in total. The molecule has 0 atom stereocenters. The van der Waals surface area contributed by atoms with Crippen LogP contribution in [0.5, 0.6) is 0 Å². The van der Waals surface area contributed by atoms with Crippen molar-refractivity contribution >= 4 is 5.78 Å². The van der Waals surface area contributed by atoms with Crippen LogP contribution in [0.15, 0.2) is 18.2 Å². The fourth-order valence-electron chi connectivity index (χ4n) is 1.67.